The highest BCUT2D eigenvalue weighted by Crippen LogP contribution is 2.13. The smallest absolute Gasteiger partial charge is 0.314 e. The third-order valence-electron chi connectivity index (χ3n) is 2.40. The maximum Gasteiger partial charge on any atom is 0.314 e. The van der Waals surface area contributed by atoms with E-state index in [1.165, 1.54) is 0 Å². The molecule has 0 saturated carbocycles. The fourth-order valence-electron chi connectivity index (χ4n) is 1.45. The molecule has 0 unspecified atom stereocenters. The van der Waals surface area contributed by atoms with Gasteiger partial charge in [-0.3, -0.25) is 14.4 Å². The minimum Gasteiger partial charge on any atom is -0.325 e. The molecule has 0 aliphatic rings. The molecule has 1 atom stereocenters. The second kappa shape index (κ2) is 4.46. The van der Waals surface area contributed by atoms with Gasteiger partial charge in [0.15, 0.2) is 0 Å². The molecule has 0 saturated heterocycles. The molecule has 94 valence electrons. The van der Waals surface area contributed by atoms with Crippen molar-refractivity contribution in [2.45, 2.75) is 13.0 Å². The Morgan fingerprint density at radius 1 is 1.22 bits per heavy atom. The molecule has 1 aromatic carbocycles. The fraction of sp³-hybridized carbons (Fsp3) is 0.182. The highest BCUT2D eigenvalue weighted by molar-refractivity contribution is 5.95. The number of hydrogen-bond donors (Lipinski definition) is 4. The Kier molecular flexibility index (Phi) is 2.99. The molecule has 0 aliphatic carbocycles. The predicted molar refractivity (Wildman–Crippen MR) is 67.5 cm³/mol. The van der Waals surface area contributed by atoms with Crippen molar-refractivity contribution in [3.8, 4) is 0 Å². The summed E-state index contributed by atoms with van der Waals surface area (Å²) in [6, 6.07) is 4.11. The lowest BCUT2D eigenvalue weighted by Gasteiger charge is -2.08. The van der Waals surface area contributed by atoms with Gasteiger partial charge in [-0.2, -0.15) is 0 Å². The van der Waals surface area contributed by atoms with E-state index in [0.29, 0.717) is 16.7 Å². The number of anilines is 1. The number of aromatic amines is 2. The zero-order valence-electron chi connectivity index (χ0n) is 9.61. The quantitative estimate of drug-likeness (QED) is 0.535. The van der Waals surface area contributed by atoms with Crippen LogP contribution in [0.1, 0.15) is 6.92 Å². The van der Waals surface area contributed by atoms with Gasteiger partial charge in [0.1, 0.15) is 0 Å². The van der Waals surface area contributed by atoms with Gasteiger partial charge in [0.25, 0.3) is 0 Å². The molecule has 7 heteroatoms. The normalized spacial score (nSPS) is 12.3. The Morgan fingerprint density at radius 3 is 2.44 bits per heavy atom. The van der Waals surface area contributed by atoms with Crippen LogP contribution in [0.15, 0.2) is 27.8 Å². The second-order valence-corrected chi connectivity index (χ2v) is 3.95. The van der Waals surface area contributed by atoms with Crippen LogP contribution in [0.5, 0.6) is 0 Å². The van der Waals surface area contributed by atoms with E-state index >= 15 is 0 Å². The zero-order valence-corrected chi connectivity index (χ0v) is 9.61. The Balaban J connectivity index is 2.44. The van der Waals surface area contributed by atoms with Crippen LogP contribution in [0.3, 0.4) is 0 Å². The Labute approximate surface area is 101 Å². The minimum atomic E-state index is -0.738. The second-order valence-electron chi connectivity index (χ2n) is 3.95. The maximum atomic E-state index is 11.4. The van der Waals surface area contributed by atoms with Crippen LogP contribution < -0.4 is 22.2 Å². The summed E-state index contributed by atoms with van der Waals surface area (Å²) >= 11 is 0. The third-order valence-corrected chi connectivity index (χ3v) is 2.40. The number of fused-ring (bicyclic) bond motifs is 1. The summed E-state index contributed by atoms with van der Waals surface area (Å²) in [6.07, 6.45) is 0. The molecular formula is C11H12N4O3. The lowest BCUT2D eigenvalue weighted by Crippen LogP contribution is -2.32. The maximum absolute atomic E-state index is 11.4. The first-order chi connectivity index (χ1) is 8.47. The van der Waals surface area contributed by atoms with Gasteiger partial charge in [-0.25, -0.2) is 0 Å². The number of hydrogen-bond acceptors (Lipinski definition) is 4. The highest BCUT2D eigenvalue weighted by atomic mass is 16.2. The van der Waals surface area contributed by atoms with Gasteiger partial charge in [-0.15, -0.1) is 0 Å². The van der Waals surface area contributed by atoms with Crippen LogP contribution in [0.2, 0.25) is 0 Å². The number of carbonyl (C=O) groups excluding carboxylic acids is 1. The summed E-state index contributed by atoms with van der Waals surface area (Å²) in [5, 5.41) is 2.59. The van der Waals surface area contributed by atoms with Gasteiger partial charge >= 0.3 is 11.1 Å². The lowest BCUT2D eigenvalue weighted by atomic mass is 10.2. The molecule has 1 amide bonds. The molecule has 0 aliphatic heterocycles. The van der Waals surface area contributed by atoms with Crippen molar-refractivity contribution in [2.24, 2.45) is 5.73 Å². The first-order valence-corrected chi connectivity index (χ1v) is 5.30. The van der Waals surface area contributed by atoms with Gasteiger partial charge in [0.05, 0.1) is 17.1 Å². The number of rotatable bonds is 2. The predicted octanol–water partition coefficient (Wildman–Crippen LogP) is -0.498. The van der Waals surface area contributed by atoms with Gasteiger partial charge in [0.2, 0.25) is 5.91 Å². The monoisotopic (exact) mass is 248 g/mol. The van der Waals surface area contributed by atoms with E-state index in [-0.39, 0.29) is 5.91 Å². The topological polar surface area (TPSA) is 121 Å². The van der Waals surface area contributed by atoms with E-state index in [1.807, 2.05) is 0 Å². The van der Waals surface area contributed by atoms with Crippen LogP contribution in [0, 0.1) is 0 Å². The molecule has 2 rings (SSSR count). The average molecular weight is 248 g/mol. The number of H-pyrrole nitrogens is 2. The van der Waals surface area contributed by atoms with Gasteiger partial charge in [-0.1, -0.05) is 0 Å². The molecule has 0 fully saturated rings. The van der Waals surface area contributed by atoms with E-state index < -0.39 is 17.2 Å². The van der Waals surface area contributed by atoms with Gasteiger partial charge in [0, 0.05) is 5.69 Å². The van der Waals surface area contributed by atoms with Gasteiger partial charge in [-0.05, 0) is 25.1 Å². The molecule has 2 aromatic rings. The number of nitrogens with one attached hydrogen (secondary N) is 3. The van der Waals surface area contributed by atoms with E-state index in [1.54, 1.807) is 25.1 Å². The lowest BCUT2D eigenvalue weighted by molar-refractivity contribution is -0.117. The molecule has 0 bridgehead atoms. The van der Waals surface area contributed by atoms with Crippen molar-refractivity contribution in [3.05, 3.63) is 38.9 Å². The van der Waals surface area contributed by atoms with Crippen LogP contribution in [-0.4, -0.2) is 21.9 Å². The van der Waals surface area contributed by atoms with Crippen LogP contribution >= 0.6 is 0 Å². The van der Waals surface area contributed by atoms with E-state index in [4.69, 9.17) is 5.73 Å². The molecule has 5 N–H and O–H groups in total. The summed E-state index contributed by atoms with van der Waals surface area (Å²) < 4.78 is 0. The number of amides is 1. The number of benzene rings is 1. The van der Waals surface area contributed by atoms with Gasteiger partial charge < -0.3 is 21.0 Å². The Morgan fingerprint density at radius 2 is 1.83 bits per heavy atom. The molecule has 7 nitrogen and oxygen atoms in total. The van der Waals surface area contributed by atoms with Crippen molar-refractivity contribution in [3.63, 3.8) is 0 Å². The van der Waals surface area contributed by atoms with Crippen molar-refractivity contribution >= 4 is 22.6 Å². The van der Waals surface area contributed by atoms with E-state index in [9.17, 15) is 14.4 Å². The van der Waals surface area contributed by atoms with Crippen molar-refractivity contribution < 1.29 is 4.79 Å². The molecule has 18 heavy (non-hydrogen) atoms. The molecule has 1 aromatic heterocycles. The Bertz CT molecular complexity index is 714. The fourth-order valence-corrected chi connectivity index (χ4v) is 1.45. The van der Waals surface area contributed by atoms with E-state index in [2.05, 4.69) is 15.3 Å². The van der Waals surface area contributed by atoms with Crippen LogP contribution in [0.4, 0.5) is 5.69 Å². The zero-order chi connectivity index (χ0) is 13.3. The molecular weight excluding hydrogens is 236 g/mol. The summed E-state index contributed by atoms with van der Waals surface area (Å²) in [5.74, 6) is -0.332. The SMILES string of the molecule is C[C@@H](N)C(=O)Nc1ccc2[nH]c(=O)c(=O)[nH]c2c1. The van der Waals surface area contributed by atoms with E-state index in [0.717, 1.165) is 0 Å². The first kappa shape index (κ1) is 12.1. The summed E-state index contributed by atoms with van der Waals surface area (Å²) in [4.78, 5) is 38.5. The van der Waals surface area contributed by atoms with Crippen molar-refractivity contribution in [1.29, 1.82) is 0 Å². The summed E-state index contributed by atoms with van der Waals surface area (Å²) in [6.45, 7) is 1.57. The highest BCUT2D eigenvalue weighted by Gasteiger charge is 2.08. The number of aromatic nitrogens is 2. The average Bonchev–Trinajstić information content (AvgIpc) is 2.31. The van der Waals surface area contributed by atoms with Crippen molar-refractivity contribution in [2.75, 3.05) is 5.32 Å². The first-order valence-electron chi connectivity index (χ1n) is 5.30. The number of carbonyl (C=O) groups is 1. The molecule has 0 radical (unpaired) electrons. The summed E-state index contributed by atoms with van der Waals surface area (Å²) in [7, 11) is 0. The largest absolute Gasteiger partial charge is 0.325 e. The molecule has 0 spiro atoms. The van der Waals surface area contributed by atoms with Crippen LogP contribution in [-0.2, 0) is 4.79 Å². The third kappa shape index (κ3) is 2.30. The van der Waals surface area contributed by atoms with Crippen molar-refractivity contribution in [1.82, 2.24) is 9.97 Å². The summed E-state index contributed by atoms with van der Waals surface area (Å²) in [5.41, 5.74) is 5.38. The number of nitrogens with two attached hydrogens (primary N) is 1. The Hall–Kier alpha value is -2.41. The minimum absolute atomic E-state index is 0.332. The standard InChI is InChI=1S/C11H12N4O3/c1-5(12)9(16)13-6-2-3-7-8(4-6)15-11(18)10(17)14-7/h2-5H,12H2,1H3,(H,13,16)(H,14,17)(H,15,18)/t5-/m1/s1. The molecule has 1 heterocycles. The van der Waals surface area contributed by atoms with Crippen LogP contribution in [0.25, 0.3) is 11.0 Å².